The molecule has 0 N–H and O–H groups in total. The fraction of sp³-hybridized carbons (Fsp3) is 0.190. The number of hydrogen-bond acceptors (Lipinski definition) is 6. The topological polar surface area (TPSA) is 62.1 Å². The Kier molecular flexibility index (Phi) is 6.36. The highest BCUT2D eigenvalue weighted by Crippen LogP contribution is 2.38. The van der Waals surface area contributed by atoms with E-state index in [2.05, 4.69) is 15.0 Å². The van der Waals surface area contributed by atoms with Gasteiger partial charge in [-0.05, 0) is 36.4 Å². The Labute approximate surface area is 188 Å². The van der Waals surface area contributed by atoms with Gasteiger partial charge in [-0.1, -0.05) is 0 Å². The lowest BCUT2D eigenvalue weighted by Gasteiger charge is -2.13. The van der Waals surface area contributed by atoms with Gasteiger partial charge in [-0.15, -0.1) is 0 Å². The Balaban J connectivity index is 1.75. The van der Waals surface area contributed by atoms with Gasteiger partial charge in [0.1, 0.15) is 23.3 Å². The van der Waals surface area contributed by atoms with Crippen LogP contribution in [0.3, 0.4) is 0 Å². The lowest BCUT2D eigenvalue weighted by atomic mass is 10.1. The molecule has 0 bridgehead atoms. The molecule has 2 aromatic carbocycles. The number of fused-ring (bicyclic) bond motifs is 1. The maximum atomic E-state index is 14.2. The van der Waals surface area contributed by atoms with E-state index in [1.54, 1.807) is 18.2 Å². The second-order valence-electron chi connectivity index (χ2n) is 6.69. The highest BCUT2D eigenvalue weighted by Gasteiger charge is 2.26. The number of ether oxygens (including phenoxy) is 2. The number of benzene rings is 2. The Morgan fingerprint density at radius 3 is 2.30 bits per heavy atom. The molecule has 4 aromatic rings. The molecule has 0 saturated heterocycles. The van der Waals surface area contributed by atoms with Gasteiger partial charge in [-0.3, -0.25) is 0 Å². The first kappa shape index (κ1) is 22.8. The number of rotatable bonds is 7. The molecule has 0 unspecified atom stereocenters. The van der Waals surface area contributed by atoms with Crippen LogP contribution in [0.5, 0.6) is 11.5 Å². The van der Waals surface area contributed by atoms with Crippen molar-refractivity contribution in [2.45, 2.75) is 23.0 Å². The van der Waals surface area contributed by atoms with Crippen LogP contribution in [0, 0.1) is 29.1 Å². The van der Waals surface area contributed by atoms with Crippen molar-refractivity contribution in [1.29, 1.82) is 0 Å². The SMILES string of the molecule is COc1ccc(OC)c(Sc2nc3cncnc3n2CCc2c(F)c(F)c(F)c(F)c2F)c1. The molecule has 0 amide bonds. The highest BCUT2D eigenvalue weighted by atomic mass is 32.2. The lowest BCUT2D eigenvalue weighted by Crippen LogP contribution is -2.11. The van der Waals surface area contributed by atoms with Gasteiger partial charge in [0.05, 0.1) is 25.3 Å². The van der Waals surface area contributed by atoms with Gasteiger partial charge < -0.3 is 14.0 Å². The van der Waals surface area contributed by atoms with Gasteiger partial charge in [-0.25, -0.2) is 36.9 Å². The van der Waals surface area contributed by atoms with Gasteiger partial charge in [0, 0.05) is 12.1 Å². The first-order valence-electron chi connectivity index (χ1n) is 9.42. The van der Waals surface area contributed by atoms with Crippen molar-refractivity contribution in [3.63, 3.8) is 0 Å². The van der Waals surface area contributed by atoms with E-state index in [1.165, 1.54) is 31.3 Å². The summed E-state index contributed by atoms with van der Waals surface area (Å²) in [4.78, 5) is 13.1. The van der Waals surface area contributed by atoms with Crippen LogP contribution >= 0.6 is 11.8 Å². The van der Waals surface area contributed by atoms with Gasteiger partial charge in [0.25, 0.3) is 0 Å². The third kappa shape index (κ3) is 4.17. The van der Waals surface area contributed by atoms with Crippen LogP contribution in [0.15, 0.2) is 40.8 Å². The summed E-state index contributed by atoms with van der Waals surface area (Å²) in [5.74, 6) is -8.83. The number of hydrogen-bond donors (Lipinski definition) is 0. The summed E-state index contributed by atoms with van der Waals surface area (Å²) >= 11 is 1.16. The third-order valence-corrected chi connectivity index (χ3v) is 5.87. The number of aryl methyl sites for hydroxylation is 1. The van der Waals surface area contributed by atoms with Crippen molar-refractivity contribution < 1.29 is 31.4 Å². The second-order valence-corrected chi connectivity index (χ2v) is 7.70. The van der Waals surface area contributed by atoms with E-state index < -0.39 is 41.1 Å². The predicted octanol–water partition coefficient (Wildman–Crippen LogP) is 4.93. The zero-order valence-electron chi connectivity index (χ0n) is 17.2. The Hall–Kier alpha value is -3.41. The fourth-order valence-electron chi connectivity index (χ4n) is 3.19. The van der Waals surface area contributed by atoms with Gasteiger partial charge in [0.15, 0.2) is 34.1 Å². The van der Waals surface area contributed by atoms with Crippen LogP contribution in [0.4, 0.5) is 22.0 Å². The quantitative estimate of drug-likeness (QED) is 0.211. The predicted molar refractivity (Wildman–Crippen MR) is 109 cm³/mol. The van der Waals surface area contributed by atoms with Gasteiger partial charge >= 0.3 is 0 Å². The monoisotopic (exact) mass is 482 g/mol. The van der Waals surface area contributed by atoms with Crippen LogP contribution in [-0.4, -0.2) is 33.7 Å². The first-order chi connectivity index (χ1) is 15.8. The molecule has 0 atom stereocenters. The molecule has 0 aliphatic carbocycles. The minimum absolute atomic E-state index is 0.166. The molecule has 0 aliphatic heterocycles. The molecular weight excluding hydrogens is 467 g/mol. The first-order valence-corrected chi connectivity index (χ1v) is 10.2. The molecule has 0 radical (unpaired) electrons. The minimum Gasteiger partial charge on any atom is -0.497 e. The van der Waals surface area contributed by atoms with Crippen LogP contribution in [0.1, 0.15) is 5.56 Å². The zero-order valence-corrected chi connectivity index (χ0v) is 18.0. The second kappa shape index (κ2) is 9.22. The van der Waals surface area contributed by atoms with Gasteiger partial charge in [-0.2, -0.15) is 0 Å². The van der Waals surface area contributed by atoms with Crippen LogP contribution in [0.2, 0.25) is 0 Å². The van der Waals surface area contributed by atoms with Crippen LogP contribution < -0.4 is 9.47 Å². The molecule has 172 valence electrons. The maximum absolute atomic E-state index is 14.2. The van der Waals surface area contributed by atoms with E-state index in [4.69, 9.17) is 9.47 Å². The normalized spacial score (nSPS) is 11.2. The molecule has 0 spiro atoms. The van der Waals surface area contributed by atoms with Gasteiger partial charge in [0.2, 0.25) is 5.82 Å². The summed E-state index contributed by atoms with van der Waals surface area (Å²) in [6, 6.07) is 5.12. The summed E-state index contributed by atoms with van der Waals surface area (Å²) in [6.07, 6.45) is 2.22. The van der Waals surface area contributed by atoms with Crippen molar-refractivity contribution in [3.05, 3.63) is 65.4 Å². The zero-order chi connectivity index (χ0) is 23.7. The molecule has 2 heterocycles. The molecule has 12 heteroatoms. The average molecular weight is 482 g/mol. The van der Waals surface area contributed by atoms with Crippen molar-refractivity contribution in [2.24, 2.45) is 0 Å². The van der Waals surface area contributed by atoms with E-state index >= 15 is 0 Å². The Bertz CT molecular complexity index is 1320. The van der Waals surface area contributed by atoms with E-state index in [0.717, 1.165) is 11.8 Å². The minimum atomic E-state index is -2.20. The van der Waals surface area contributed by atoms with Crippen LogP contribution in [-0.2, 0) is 13.0 Å². The molecule has 6 nitrogen and oxygen atoms in total. The van der Waals surface area contributed by atoms with Crippen molar-refractivity contribution in [3.8, 4) is 11.5 Å². The van der Waals surface area contributed by atoms with E-state index in [9.17, 15) is 22.0 Å². The lowest BCUT2D eigenvalue weighted by molar-refractivity contribution is 0.368. The summed E-state index contributed by atoms with van der Waals surface area (Å²) in [5, 5.41) is 0.348. The molecule has 4 rings (SSSR count). The molecule has 0 aliphatic rings. The van der Waals surface area contributed by atoms with E-state index in [1.807, 2.05) is 0 Å². The highest BCUT2D eigenvalue weighted by molar-refractivity contribution is 7.99. The third-order valence-electron chi connectivity index (χ3n) is 4.83. The smallest absolute Gasteiger partial charge is 0.200 e. The van der Waals surface area contributed by atoms with Crippen LogP contribution in [0.25, 0.3) is 11.2 Å². The molecule has 0 saturated carbocycles. The number of methoxy groups -OCH3 is 2. The summed E-state index contributed by atoms with van der Waals surface area (Å²) in [5.41, 5.74) is -0.199. The number of imidazole rings is 1. The average Bonchev–Trinajstić information content (AvgIpc) is 3.18. The Morgan fingerprint density at radius 2 is 1.64 bits per heavy atom. The van der Waals surface area contributed by atoms with E-state index in [-0.39, 0.29) is 6.54 Å². The number of aromatic nitrogens is 4. The molecular formula is C21H15F5N4O2S. The molecule has 33 heavy (non-hydrogen) atoms. The van der Waals surface area contributed by atoms with E-state index in [0.29, 0.717) is 32.7 Å². The Morgan fingerprint density at radius 1 is 0.939 bits per heavy atom. The molecule has 2 aromatic heterocycles. The summed E-state index contributed by atoms with van der Waals surface area (Å²) in [7, 11) is 2.99. The maximum Gasteiger partial charge on any atom is 0.200 e. The fourth-order valence-corrected chi connectivity index (χ4v) is 4.25. The number of halogens is 5. The van der Waals surface area contributed by atoms with Crippen molar-refractivity contribution in [1.82, 2.24) is 19.5 Å². The number of nitrogens with zero attached hydrogens (tertiary/aromatic N) is 4. The summed E-state index contributed by atoms with van der Waals surface area (Å²) < 4.78 is 81.1. The molecule has 0 fully saturated rings. The van der Waals surface area contributed by atoms with Crippen molar-refractivity contribution in [2.75, 3.05) is 14.2 Å². The standard InChI is InChI=1S/C21H15F5N4O2S/c1-31-10-3-4-13(32-2)14(7-10)33-21-29-12-8-27-9-28-20(12)30(21)6-5-11-15(22)17(24)19(26)18(25)16(11)23/h3-4,7-9H,5-6H2,1-2H3. The largest absolute Gasteiger partial charge is 0.497 e. The van der Waals surface area contributed by atoms with Crippen molar-refractivity contribution >= 4 is 22.9 Å². The summed E-state index contributed by atoms with van der Waals surface area (Å²) in [6.45, 7) is -0.166.